The Hall–Kier alpha value is -1.02. The van der Waals surface area contributed by atoms with Gasteiger partial charge in [-0.1, -0.05) is 25.1 Å². The van der Waals surface area contributed by atoms with Crippen LogP contribution in [0, 0.1) is 0 Å². The van der Waals surface area contributed by atoms with Gasteiger partial charge < -0.3 is 9.64 Å². The quantitative estimate of drug-likeness (QED) is 0.775. The van der Waals surface area contributed by atoms with E-state index in [0.29, 0.717) is 5.92 Å². The number of likely N-dealkylation sites (tertiary alicyclic amines) is 1. The minimum atomic E-state index is 0.643. The van der Waals surface area contributed by atoms with Gasteiger partial charge in [0.05, 0.1) is 7.11 Å². The Bertz CT molecular complexity index is 337. The molecular formula is C14H21NO. The molecule has 0 aliphatic carbocycles. The second kappa shape index (κ2) is 5.35. The third kappa shape index (κ3) is 2.38. The Kier molecular flexibility index (Phi) is 3.83. The van der Waals surface area contributed by atoms with Crippen LogP contribution in [0.2, 0.25) is 0 Å². The van der Waals surface area contributed by atoms with E-state index in [1.165, 1.54) is 31.5 Å². The molecule has 2 nitrogen and oxygen atoms in total. The molecule has 0 aromatic heterocycles. The Labute approximate surface area is 98.2 Å². The molecular weight excluding hydrogens is 198 g/mol. The van der Waals surface area contributed by atoms with Gasteiger partial charge in [-0.25, -0.2) is 0 Å². The minimum absolute atomic E-state index is 0.643. The van der Waals surface area contributed by atoms with Gasteiger partial charge in [-0.15, -0.1) is 0 Å². The maximum absolute atomic E-state index is 5.45. The molecule has 0 saturated carbocycles. The largest absolute Gasteiger partial charge is 0.496 e. The predicted octanol–water partition coefficient (Wildman–Crippen LogP) is 2.89. The first kappa shape index (κ1) is 11.5. The molecule has 1 aromatic carbocycles. The van der Waals surface area contributed by atoms with Crippen molar-refractivity contribution in [1.29, 1.82) is 0 Å². The fraction of sp³-hybridized carbons (Fsp3) is 0.571. The molecule has 0 radical (unpaired) electrons. The van der Waals surface area contributed by atoms with Gasteiger partial charge in [0.2, 0.25) is 0 Å². The molecule has 1 aliphatic heterocycles. The number of rotatable bonds is 3. The number of hydrogen-bond acceptors (Lipinski definition) is 2. The van der Waals surface area contributed by atoms with Crippen LogP contribution in [0.25, 0.3) is 0 Å². The van der Waals surface area contributed by atoms with Crippen LogP contribution in [-0.2, 0) is 0 Å². The highest BCUT2D eigenvalue weighted by atomic mass is 16.5. The van der Waals surface area contributed by atoms with Crippen LogP contribution >= 0.6 is 0 Å². The van der Waals surface area contributed by atoms with Gasteiger partial charge in [-0.05, 0) is 37.6 Å². The molecule has 88 valence electrons. The van der Waals surface area contributed by atoms with Crippen molar-refractivity contribution < 1.29 is 4.74 Å². The first-order chi connectivity index (χ1) is 7.85. The zero-order valence-electron chi connectivity index (χ0n) is 10.3. The second-order valence-electron chi connectivity index (χ2n) is 4.47. The summed E-state index contributed by atoms with van der Waals surface area (Å²) in [5.41, 5.74) is 1.38. The maximum Gasteiger partial charge on any atom is 0.122 e. The smallest absolute Gasteiger partial charge is 0.122 e. The summed E-state index contributed by atoms with van der Waals surface area (Å²) in [7, 11) is 1.76. The maximum atomic E-state index is 5.45. The number of para-hydroxylation sites is 1. The van der Waals surface area contributed by atoms with E-state index in [4.69, 9.17) is 4.74 Å². The molecule has 1 saturated heterocycles. The van der Waals surface area contributed by atoms with Crippen molar-refractivity contribution in [3.05, 3.63) is 29.8 Å². The molecule has 1 heterocycles. The summed E-state index contributed by atoms with van der Waals surface area (Å²) < 4.78 is 5.45. The third-order valence-corrected chi connectivity index (χ3v) is 3.53. The van der Waals surface area contributed by atoms with Crippen LogP contribution in [0.15, 0.2) is 24.3 Å². The summed E-state index contributed by atoms with van der Waals surface area (Å²) >= 11 is 0. The normalized spacial score (nSPS) is 22.0. The van der Waals surface area contributed by atoms with Crippen molar-refractivity contribution in [3.8, 4) is 5.75 Å². The zero-order valence-corrected chi connectivity index (χ0v) is 10.3. The summed E-state index contributed by atoms with van der Waals surface area (Å²) in [5.74, 6) is 1.69. The van der Waals surface area contributed by atoms with Crippen LogP contribution in [-0.4, -0.2) is 31.6 Å². The number of ether oxygens (including phenoxy) is 1. The highest BCUT2D eigenvalue weighted by molar-refractivity contribution is 5.36. The van der Waals surface area contributed by atoms with E-state index in [1.54, 1.807) is 7.11 Å². The van der Waals surface area contributed by atoms with Gasteiger partial charge in [-0.3, -0.25) is 0 Å². The summed E-state index contributed by atoms with van der Waals surface area (Å²) in [6.45, 7) is 5.83. The van der Waals surface area contributed by atoms with E-state index in [-0.39, 0.29) is 0 Å². The van der Waals surface area contributed by atoms with Crippen molar-refractivity contribution in [2.24, 2.45) is 0 Å². The molecule has 2 heteroatoms. The van der Waals surface area contributed by atoms with E-state index in [0.717, 1.165) is 12.3 Å². The number of methoxy groups -OCH3 is 1. The monoisotopic (exact) mass is 219 g/mol. The van der Waals surface area contributed by atoms with Crippen LogP contribution in [0.5, 0.6) is 5.75 Å². The fourth-order valence-corrected chi connectivity index (χ4v) is 2.60. The third-order valence-electron chi connectivity index (χ3n) is 3.53. The van der Waals surface area contributed by atoms with E-state index in [2.05, 4.69) is 30.0 Å². The Morgan fingerprint density at radius 2 is 2.19 bits per heavy atom. The number of piperidine rings is 1. The lowest BCUT2D eigenvalue weighted by Crippen LogP contribution is -2.34. The predicted molar refractivity (Wildman–Crippen MR) is 67.1 cm³/mol. The van der Waals surface area contributed by atoms with Gasteiger partial charge in [0.15, 0.2) is 0 Å². The lowest BCUT2D eigenvalue weighted by Gasteiger charge is -2.32. The summed E-state index contributed by atoms with van der Waals surface area (Å²) in [6.07, 6.45) is 2.59. The minimum Gasteiger partial charge on any atom is -0.496 e. The van der Waals surface area contributed by atoms with Gasteiger partial charge in [0.1, 0.15) is 5.75 Å². The molecule has 2 rings (SSSR count). The lowest BCUT2D eigenvalue weighted by molar-refractivity contribution is 0.216. The molecule has 0 N–H and O–H groups in total. The number of benzene rings is 1. The summed E-state index contributed by atoms with van der Waals surface area (Å²) in [5, 5.41) is 0. The van der Waals surface area contributed by atoms with Crippen LogP contribution in [0.3, 0.4) is 0 Å². The van der Waals surface area contributed by atoms with Crippen molar-refractivity contribution in [2.45, 2.75) is 25.7 Å². The Morgan fingerprint density at radius 1 is 1.38 bits per heavy atom. The molecule has 1 aromatic rings. The summed E-state index contributed by atoms with van der Waals surface area (Å²) in [6, 6.07) is 8.44. The zero-order chi connectivity index (χ0) is 11.4. The molecule has 1 atom stereocenters. The van der Waals surface area contributed by atoms with Crippen LogP contribution in [0.4, 0.5) is 0 Å². The van der Waals surface area contributed by atoms with Crippen molar-refractivity contribution in [2.75, 3.05) is 26.7 Å². The van der Waals surface area contributed by atoms with E-state index < -0.39 is 0 Å². The number of likely N-dealkylation sites (N-methyl/N-ethyl adjacent to an activating group) is 1. The molecule has 1 unspecified atom stereocenters. The van der Waals surface area contributed by atoms with E-state index >= 15 is 0 Å². The average Bonchev–Trinajstić information content (AvgIpc) is 2.38. The molecule has 0 amide bonds. The van der Waals surface area contributed by atoms with Crippen LogP contribution < -0.4 is 4.74 Å². The highest BCUT2D eigenvalue weighted by Gasteiger charge is 2.22. The molecule has 0 spiro atoms. The van der Waals surface area contributed by atoms with Gasteiger partial charge in [-0.2, -0.15) is 0 Å². The molecule has 1 fully saturated rings. The first-order valence-corrected chi connectivity index (χ1v) is 6.20. The number of nitrogens with zero attached hydrogens (tertiary/aromatic N) is 1. The molecule has 16 heavy (non-hydrogen) atoms. The van der Waals surface area contributed by atoms with Crippen molar-refractivity contribution >= 4 is 0 Å². The Balaban J connectivity index is 2.16. The van der Waals surface area contributed by atoms with E-state index in [1.807, 2.05) is 6.07 Å². The molecule has 1 aliphatic rings. The fourth-order valence-electron chi connectivity index (χ4n) is 2.60. The molecule has 0 bridgehead atoms. The second-order valence-corrected chi connectivity index (χ2v) is 4.47. The highest BCUT2D eigenvalue weighted by Crippen LogP contribution is 2.32. The average molecular weight is 219 g/mol. The van der Waals surface area contributed by atoms with Crippen molar-refractivity contribution in [1.82, 2.24) is 4.90 Å². The lowest BCUT2D eigenvalue weighted by atomic mass is 9.90. The standard InChI is InChI=1S/C14H21NO/c1-3-15-10-6-7-12(11-15)13-8-4-5-9-14(13)16-2/h4-5,8-9,12H,3,6-7,10-11H2,1-2H3. The van der Waals surface area contributed by atoms with Gasteiger partial charge >= 0.3 is 0 Å². The summed E-state index contributed by atoms with van der Waals surface area (Å²) in [4.78, 5) is 2.53. The SMILES string of the molecule is CCN1CCCC(c2ccccc2OC)C1. The van der Waals surface area contributed by atoms with Gasteiger partial charge in [0.25, 0.3) is 0 Å². The topological polar surface area (TPSA) is 12.5 Å². The first-order valence-electron chi connectivity index (χ1n) is 6.20. The van der Waals surface area contributed by atoms with Gasteiger partial charge in [0, 0.05) is 12.5 Å². The van der Waals surface area contributed by atoms with E-state index in [9.17, 15) is 0 Å². The van der Waals surface area contributed by atoms with Crippen LogP contribution in [0.1, 0.15) is 31.2 Å². The number of hydrogen-bond donors (Lipinski definition) is 0. The Morgan fingerprint density at radius 3 is 2.94 bits per heavy atom. The van der Waals surface area contributed by atoms with Crippen molar-refractivity contribution in [3.63, 3.8) is 0 Å².